The number of pyridine rings is 1. The van der Waals surface area contributed by atoms with Gasteiger partial charge in [0.15, 0.2) is 0 Å². The molecule has 1 aromatic carbocycles. The topological polar surface area (TPSA) is 46.4 Å². The summed E-state index contributed by atoms with van der Waals surface area (Å²) in [4.78, 5) is 17.9. The molecular formula is C24H31N3O. The molecule has 148 valence electrons. The predicted molar refractivity (Wildman–Crippen MR) is 117 cm³/mol. The maximum absolute atomic E-state index is 13.0. The molecule has 0 bridgehead atoms. The first-order valence-electron chi connectivity index (χ1n) is 10.3. The number of nitrogens with zero attached hydrogens (tertiary/aromatic N) is 2. The molecule has 0 spiro atoms. The maximum Gasteiger partial charge on any atom is 0.228 e. The minimum absolute atomic E-state index is 0.0306. The molecule has 3 rings (SSSR count). The van der Waals surface area contributed by atoms with Crippen molar-refractivity contribution >= 4 is 17.4 Å². The van der Waals surface area contributed by atoms with Crippen LogP contribution in [0.1, 0.15) is 56.2 Å². The van der Waals surface area contributed by atoms with E-state index >= 15 is 0 Å². The highest BCUT2D eigenvalue weighted by Gasteiger charge is 2.21. The van der Waals surface area contributed by atoms with Crippen molar-refractivity contribution in [3.63, 3.8) is 0 Å². The highest BCUT2D eigenvalue weighted by atomic mass is 16.2. The van der Waals surface area contributed by atoms with Gasteiger partial charge in [-0.3, -0.25) is 9.20 Å². The Morgan fingerprint density at radius 1 is 1.07 bits per heavy atom. The molecule has 0 fully saturated rings. The van der Waals surface area contributed by atoms with Gasteiger partial charge in [-0.1, -0.05) is 43.9 Å². The maximum atomic E-state index is 13.0. The third-order valence-electron chi connectivity index (χ3n) is 5.29. The van der Waals surface area contributed by atoms with Gasteiger partial charge in [0.05, 0.1) is 0 Å². The van der Waals surface area contributed by atoms with Gasteiger partial charge in [-0.2, -0.15) is 0 Å². The number of amides is 1. The Balaban J connectivity index is 2.07. The Labute approximate surface area is 168 Å². The van der Waals surface area contributed by atoms with Crippen molar-refractivity contribution in [1.82, 2.24) is 9.38 Å². The molecule has 2 aromatic heterocycles. The molecular weight excluding hydrogens is 346 g/mol. The summed E-state index contributed by atoms with van der Waals surface area (Å²) in [5.74, 6) is 0.881. The van der Waals surface area contributed by atoms with E-state index in [1.165, 1.54) is 11.1 Å². The molecule has 1 atom stereocenters. The van der Waals surface area contributed by atoms with Crippen molar-refractivity contribution in [2.24, 2.45) is 5.92 Å². The fraction of sp³-hybridized carbons (Fsp3) is 0.417. The van der Waals surface area contributed by atoms with Crippen LogP contribution in [0.4, 0.5) is 5.82 Å². The molecule has 0 saturated heterocycles. The van der Waals surface area contributed by atoms with Crippen molar-refractivity contribution in [2.45, 2.75) is 60.3 Å². The number of nitrogens with one attached hydrogen (secondary N) is 1. The fourth-order valence-corrected chi connectivity index (χ4v) is 3.77. The van der Waals surface area contributed by atoms with Crippen molar-refractivity contribution in [1.29, 1.82) is 0 Å². The number of anilines is 1. The van der Waals surface area contributed by atoms with E-state index < -0.39 is 0 Å². The summed E-state index contributed by atoms with van der Waals surface area (Å²) in [7, 11) is 0. The average Bonchev–Trinajstić information content (AvgIpc) is 2.99. The number of rotatable bonds is 7. The lowest BCUT2D eigenvalue weighted by Gasteiger charge is -2.15. The lowest BCUT2D eigenvalue weighted by molar-refractivity contribution is -0.120. The summed E-state index contributed by atoms with van der Waals surface area (Å²) >= 11 is 0. The first kappa shape index (κ1) is 20.1. The summed E-state index contributed by atoms with van der Waals surface area (Å²) in [5, 5.41) is 3.21. The number of benzene rings is 1. The van der Waals surface area contributed by atoms with Crippen LogP contribution in [0, 0.1) is 26.7 Å². The number of unbranched alkanes of at least 4 members (excludes halogenated alkanes) is 1. The van der Waals surface area contributed by atoms with E-state index in [1.807, 2.05) is 16.7 Å². The molecule has 0 aliphatic rings. The second-order valence-electron chi connectivity index (χ2n) is 7.85. The number of aryl methyl sites for hydroxylation is 3. The van der Waals surface area contributed by atoms with E-state index in [0.29, 0.717) is 0 Å². The third-order valence-corrected chi connectivity index (χ3v) is 5.29. The lowest BCUT2D eigenvalue weighted by atomic mass is 9.98. The van der Waals surface area contributed by atoms with Gasteiger partial charge in [-0.15, -0.1) is 0 Å². The number of hydrogen-bond donors (Lipinski definition) is 1. The van der Waals surface area contributed by atoms with Crippen LogP contribution in [0.2, 0.25) is 0 Å². The monoisotopic (exact) mass is 377 g/mol. The summed E-state index contributed by atoms with van der Waals surface area (Å²) < 4.78 is 1.99. The Kier molecular flexibility index (Phi) is 6.18. The van der Waals surface area contributed by atoms with E-state index in [9.17, 15) is 4.79 Å². The molecule has 28 heavy (non-hydrogen) atoms. The van der Waals surface area contributed by atoms with Gasteiger partial charge in [0.25, 0.3) is 0 Å². The Morgan fingerprint density at radius 3 is 2.43 bits per heavy atom. The van der Waals surface area contributed by atoms with Crippen molar-refractivity contribution in [3.05, 3.63) is 53.2 Å². The van der Waals surface area contributed by atoms with Gasteiger partial charge >= 0.3 is 0 Å². The van der Waals surface area contributed by atoms with Crippen molar-refractivity contribution in [2.75, 3.05) is 5.32 Å². The second kappa shape index (κ2) is 8.59. The van der Waals surface area contributed by atoms with E-state index in [4.69, 9.17) is 4.98 Å². The van der Waals surface area contributed by atoms with E-state index in [1.54, 1.807) is 0 Å². The quantitative estimate of drug-likeness (QED) is 0.542. The molecule has 4 nitrogen and oxygen atoms in total. The van der Waals surface area contributed by atoms with Crippen LogP contribution in [0.5, 0.6) is 0 Å². The molecule has 1 amide bonds. The van der Waals surface area contributed by atoms with Crippen LogP contribution >= 0.6 is 0 Å². The van der Waals surface area contributed by atoms with E-state index in [2.05, 4.69) is 64.2 Å². The van der Waals surface area contributed by atoms with Crippen molar-refractivity contribution < 1.29 is 4.79 Å². The highest BCUT2D eigenvalue weighted by Crippen LogP contribution is 2.31. The molecule has 0 aliphatic carbocycles. The van der Waals surface area contributed by atoms with Gasteiger partial charge in [0.1, 0.15) is 17.2 Å². The molecule has 0 radical (unpaired) electrons. The van der Waals surface area contributed by atoms with Crippen LogP contribution in [0.3, 0.4) is 0 Å². The summed E-state index contributed by atoms with van der Waals surface area (Å²) in [6.45, 7) is 10.5. The first-order chi connectivity index (χ1) is 13.4. The molecule has 4 heteroatoms. The van der Waals surface area contributed by atoms with Gasteiger partial charge in [0, 0.05) is 17.7 Å². The summed E-state index contributed by atoms with van der Waals surface area (Å²) in [6, 6.07) is 10.5. The minimum atomic E-state index is 0.0306. The van der Waals surface area contributed by atoms with Crippen molar-refractivity contribution in [3.8, 4) is 11.3 Å². The number of carbonyl (C=O) groups is 1. The number of imidazole rings is 1. The van der Waals surface area contributed by atoms with E-state index in [-0.39, 0.29) is 11.8 Å². The number of carbonyl (C=O) groups excluding carboxylic acids is 1. The van der Waals surface area contributed by atoms with Gasteiger partial charge in [-0.25, -0.2) is 4.98 Å². The summed E-state index contributed by atoms with van der Waals surface area (Å²) in [6.07, 6.45) is 5.94. The molecule has 0 unspecified atom stereocenters. The molecule has 3 aromatic rings. The number of hydrogen-bond acceptors (Lipinski definition) is 2. The van der Waals surface area contributed by atoms with Gasteiger partial charge in [0.2, 0.25) is 5.91 Å². The second-order valence-corrected chi connectivity index (χ2v) is 7.85. The van der Waals surface area contributed by atoms with Crippen LogP contribution in [-0.4, -0.2) is 15.3 Å². The van der Waals surface area contributed by atoms with Crippen LogP contribution in [0.15, 0.2) is 36.5 Å². The number of fused-ring (bicyclic) bond motifs is 1. The summed E-state index contributed by atoms with van der Waals surface area (Å²) in [5.41, 5.74) is 6.25. The normalized spacial score (nSPS) is 12.3. The largest absolute Gasteiger partial charge is 0.310 e. The van der Waals surface area contributed by atoms with Crippen LogP contribution in [0.25, 0.3) is 16.9 Å². The first-order valence-corrected chi connectivity index (χ1v) is 10.3. The van der Waals surface area contributed by atoms with E-state index in [0.717, 1.165) is 54.0 Å². The molecule has 1 N–H and O–H groups in total. The zero-order valence-electron chi connectivity index (χ0n) is 17.7. The van der Waals surface area contributed by atoms with Crippen LogP contribution < -0.4 is 5.32 Å². The third kappa shape index (κ3) is 4.27. The zero-order chi connectivity index (χ0) is 20.3. The Bertz CT molecular complexity index is 967. The highest BCUT2D eigenvalue weighted by molar-refractivity contribution is 5.96. The lowest BCUT2D eigenvalue weighted by Crippen LogP contribution is -2.23. The number of aromatic nitrogens is 2. The zero-order valence-corrected chi connectivity index (χ0v) is 17.7. The molecule has 0 saturated carbocycles. The fourth-order valence-electron chi connectivity index (χ4n) is 3.77. The minimum Gasteiger partial charge on any atom is -0.310 e. The van der Waals surface area contributed by atoms with Gasteiger partial charge < -0.3 is 5.32 Å². The average molecular weight is 378 g/mol. The smallest absolute Gasteiger partial charge is 0.228 e. The van der Waals surface area contributed by atoms with Gasteiger partial charge in [-0.05, 0) is 63.4 Å². The Morgan fingerprint density at radius 2 is 1.79 bits per heavy atom. The van der Waals surface area contributed by atoms with Crippen LogP contribution in [-0.2, 0) is 4.79 Å². The molecule has 0 aliphatic heterocycles. The SMILES string of the molecule is CCCC[C@@H](CC)C(=O)Nc1c(-c2cc(C)cc(C)c2)nc2cc(C)ccn12. The Hall–Kier alpha value is -2.62. The predicted octanol–water partition coefficient (Wildman–Crippen LogP) is 6.08. The molecule has 2 heterocycles. The standard InChI is InChI=1S/C24H31N3O/c1-6-8-9-19(7-2)24(28)26-23-22(20-13-17(4)12-18(5)14-20)25-21-15-16(3)10-11-27(21)23/h10-15,19H,6-9H2,1-5H3,(H,26,28)/t19-/m1/s1.